The summed E-state index contributed by atoms with van der Waals surface area (Å²) in [7, 11) is 1.59. The van der Waals surface area contributed by atoms with E-state index in [2.05, 4.69) is 5.32 Å². The first kappa shape index (κ1) is 15.0. The highest BCUT2D eigenvalue weighted by atomic mass is 16.4. The Morgan fingerprint density at radius 3 is 2.37 bits per heavy atom. The zero-order valence-electron chi connectivity index (χ0n) is 11.0. The molecule has 3 N–H and O–H groups in total. The molecule has 0 spiro atoms. The largest absolute Gasteiger partial charge is 0.478 e. The van der Waals surface area contributed by atoms with Gasteiger partial charge in [-0.2, -0.15) is 0 Å². The van der Waals surface area contributed by atoms with Crippen LogP contribution in [0.25, 0.3) is 0 Å². The fourth-order valence-corrected chi connectivity index (χ4v) is 1.56. The van der Waals surface area contributed by atoms with Gasteiger partial charge in [0, 0.05) is 20.1 Å². The Kier molecular flexibility index (Phi) is 5.32. The molecule has 0 bridgehead atoms. The summed E-state index contributed by atoms with van der Waals surface area (Å²) in [5.41, 5.74) is 1.02. The molecule has 0 aliphatic carbocycles. The second-order valence-electron chi connectivity index (χ2n) is 4.39. The average Bonchev–Trinajstić information content (AvgIpc) is 2.35. The van der Waals surface area contributed by atoms with Gasteiger partial charge in [-0.3, -0.25) is 0 Å². The number of aliphatic hydroxyl groups excluding tert-OH is 1. The lowest BCUT2D eigenvalue weighted by atomic mass is 10.1. The molecule has 19 heavy (non-hydrogen) atoms. The topological polar surface area (TPSA) is 89.9 Å². The molecule has 0 aliphatic rings. The van der Waals surface area contributed by atoms with Gasteiger partial charge in [-0.25, -0.2) is 9.59 Å². The fourth-order valence-electron chi connectivity index (χ4n) is 1.56. The van der Waals surface area contributed by atoms with E-state index in [4.69, 9.17) is 10.2 Å². The summed E-state index contributed by atoms with van der Waals surface area (Å²) in [4.78, 5) is 23.7. The molecule has 104 valence electrons. The van der Waals surface area contributed by atoms with Gasteiger partial charge in [-0.05, 0) is 24.6 Å². The number of aliphatic hydroxyl groups is 1. The summed E-state index contributed by atoms with van der Waals surface area (Å²) >= 11 is 0. The number of rotatable bonds is 5. The SMILES string of the molecule is C[C@H](O)CN(C)C(=O)NCc1ccc(C(=O)O)cc1. The van der Waals surface area contributed by atoms with E-state index in [0.29, 0.717) is 6.54 Å². The van der Waals surface area contributed by atoms with Crippen molar-refractivity contribution in [3.05, 3.63) is 35.4 Å². The number of benzene rings is 1. The van der Waals surface area contributed by atoms with Crippen molar-refractivity contribution in [3.8, 4) is 0 Å². The Bertz CT molecular complexity index is 442. The van der Waals surface area contributed by atoms with Gasteiger partial charge in [0.1, 0.15) is 0 Å². The lowest BCUT2D eigenvalue weighted by Gasteiger charge is -2.19. The number of nitrogens with zero attached hydrogens (tertiary/aromatic N) is 1. The maximum atomic E-state index is 11.6. The van der Waals surface area contributed by atoms with Gasteiger partial charge in [0.2, 0.25) is 0 Å². The molecule has 0 aromatic heterocycles. The van der Waals surface area contributed by atoms with Crippen LogP contribution in [0.3, 0.4) is 0 Å². The standard InChI is InChI=1S/C13H18N2O4/c1-9(16)8-15(2)13(19)14-7-10-3-5-11(6-4-10)12(17)18/h3-6,9,16H,7-8H2,1-2H3,(H,14,19)(H,17,18)/t9-/m0/s1. The number of aromatic carboxylic acids is 1. The minimum Gasteiger partial charge on any atom is -0.478 e. The number of amides is 2. The third kappa shape index (κ3) is 4.97. The van der Waals surface area contributed by atoms with Crippen LogP contribution >= 0.6 is 0 Å². The Morgan fingerprint density at radius 2 is 1.89 bits per heavy atom. The third-order valence-electron chi connectivity index (χ3n) is 2.53. The van der Waals surface area contributed by atoms with E-state index in [1.54, 1.807) is 26.1 Å². The van der Waals surface area contributed by atoms with Crippen LogP contribution in [0.15, 0.2) is 24.3 Å². The molecule has 1 rings (SSSR count). The molecule has 1 aromatic carbocycles. The zero-order valence-corrected chi connectivity index (χ0v) is 11.0. The van der Waals surface area contributed by atoms with Crippen LogP contribution in [-0.4, -0.2) is 46.8 Å². The van der Waals surface area contributed by atoms with E-state index in [1.165, 1.54) is 17.0 Å². The maximum absolute atomic E-state index is 11.6. The highest BCUT2D eigenvalue weighted by Gasteiger charge is 2.10. The molecule has 0 heterocycles. The highest BCUT2D eigenvalue weighted by Crippen LogP contribution is 2.04. The molecule has 0 fully saturated rings. The monoisotopic (exact) mass is 266 g/mol. The molecular weight excluding hydrogens is 248 g/mol. The molecule has 0 radical (unpaired) electrons. The number of carbonyl (C=O) groups is 2. The van der Waals surface area contributed by atoms with Gasteiger partial charge in [0.15, 0.2) is 0 Å². The predicted octanol–water partition coefficient (Wildman–Crippen LogP) is 0.907. The van der Waals surface area contributed by atoms with Crippen molar-refractivity contribution in [1.82, 2.24) is 10.2 Å². The Labute approximate surface area is 111 Å². The van der Waals surface area contributed by atoms with Crippen molar-refractivity contribution in [1.29, 1.82) is 0 Å². The van der Waals surface area contributed by atoms with Crippen LogP contribution in [0.4, 0.5) is 4.79 Å². The number of carboxylic acid groups (broad SMARTS) is 1. The number of urea groups is 1. The molecule has 2 amide bonds. The highest BCUT2D eigenvalue weighted by molar-refractivity contribution is 5.87. The van der Waals surface area contributed by atoms with Gasteiger partial charge in [-0.15, -0.1) is 0 Å². The molecule has 0 unspecified atom stereocenters. The number of carbonyl (C=O) groups excluding carboxylic acids is 1. The van der Waals surface area contributed by atoms with E-state index in [0.717, 1.165) is 5.56 Å². The lowest BCUT2D eigenvalue weighted by molar-refractivity contribution is 0.0697. The minimum atomic E-state index is -0.979. The zero-order chi connectivity index (χ0) is 14.4. The first-order chi connectivity index (χ1) is 8.90. The Balaban J connectivity index is 2.48. The summed E-state index contributed by atoms with van der Waals surface area (Å²) in [5.74, 6) is -0.979. The van der Waals surface area contributed by atoms with Crippen LogP contribution < -0.4 is 5.32 Å². The number of hydrogen-bond donors (Lipinski definition) is 3. The molecule has 6 nitrogen and oxygen atoms in total. The van der Waals surface area contributed by atoms with Gasteiger partial charge in [0.05, 0.1) is 11.7 Å². The van der Waals surface area contributed by atoms with E-state index in [1.807, 2.05) is 0 Å². The number of hydrogen-bond acceptors (Lipinski definition) is 3. The number of carboxylic acids is 1. The number of likely N-dealkylation sites (N-methyl/N-ethyl adjacent to an activating group) is 1. The van der Waals surface area contributed by atoms with Crippen LogP contribution in [0.1, 0.15) is 22.8 Å². The molecule has 0 aliphatic heterocycles. The smallest absolute Gasteiger partial charge is 0.335 e. The van der Waals surface area contributed by atoms with Gasteiger partial charge < -0.3 is 20.4 Å². The van der Waals surface area contributed by atoms with Crippen molar-refractivity contribution in [2.45, 2.75) is 19.6 Å². The van der Waals surface area contributed by atoms with E-state index < -0.39 is 12.1 Å². The first-order valence-corrected chi connectivity index (χ1v) is 5.89. The molecule has 1 aromatic rings. The Hall–Kier alpha value is -2.08. The van der Waals surface area contributed by atoms with Crippen molar-refractivity contribution >= 4 is 12.0 Å². The molecule has 6 heteroatoms. The third-order valence-corrected chi connectivity index (χ3v) is 2.53. The first-order valence-electron chi connectivity index (χ1n) is 5.89. The summed E-state index contributed by atoms with van der Waals surface area (Å²) in [6.07, 6.45) is -0.578. The fraction of sp³-hybridized carbons (Fsp3) is 0.385. The molecule has 0 saturated heterocycles. The summed E-state index contributed by atoms with van der Waals surface area (Å²) in [5, 5.41) is 20.6. The molecular formula is C13H18N2O4. The quantitative estimate of drug-likeness (QED) is 0.739. The summed E-state index contributed by atoms with van der Waals surface area (Å²) in [6, 6.07) is 5.99. The van der Waals surface area contributed by atoms with Crippen molar-refractivity contribution in [2.75, 3.05) is 13.6 Å². The van der Waals surface area contributed by atoms with Crippen LogP contribution in [0.2, 0.25) is 0 Å². The minimum absolute atomic E-state index is 0.210. The Morgan fingerprint density at radius 1 is 1.32 bits per heavy atom. The molecule has 0 saturated carbocycles. The second-order valence-corrected chi connectivity index (χ2v) is 4.39. The van der Waals surface area contributed by atoms with Crippen LogP contribution in [0, 0.1) is 0 Å². The van der Waals surface area contributed by atoms with Crippen molar-refractivity contribution < 1.29 is 19.8 Å². The van der Waals surface area contributed by atoms with Crippen LogP contribution in [0.5, 0.6) is 0 Å². The van der Waals surface area contributed by atoms with E-state index in [-0.39, 0.29) is 18.1 Å². The van der Waals surface area contributed by atoms with Crippen LogP contribution in [-0.2, 0) is 6.54 Å². The van der Waals surface area contributed by atoms with Gasteiger partial charge in [-0.1, -0.05) is 12.1 Å². The van der Waals surface area contributed by atoms with E-state index in [9.17, 15) is 9.59 Å². The van der Waals surface area contributed by atoms with E-state index >= 15 is 0 Å². The van der Waals surface area contributed by atoms with Crippen molar-refractivity contribution in [3.63, 3.8) is 0 Å². The summed E-state index contributed by atoms with van der Waals surface area (Å²) in [6.45, 7) is 2.17. The van der Waals surface area contributed by atoms with Gasteiger partial charge >= 0.3 is 12.0 Å². The van der Waals surface area contributed by atoms with Crippen molar-refractivity contribution in [2.24, 2.45) is 0 Å². The average molecular weight is 266 g/mol. The second kappa shape index (κ2) is 6.75. The molecule has 1 atom stereocenters. The normalized spacial score (nSPS) is 11.7. The lowest BCUT2D eigenvalue weighted by Crippen LogP contribution is -2.40. The summed E-state index contributed by atoms with van der Waals surface area (Å²) < 4.78 is 0. The van der Waals surface area contributed by atoms with Gasteiger partial charge in [0.25, 0.3) is 0 Å². The predicted molar refractivity (Wildman–Crippen MR) is 69.9 cm³/mol. The maximum Gasteiger partial charge on any atom is 0.335 e. The number of nitrogens with one attached hydrogen (secondary N) is 1.